The number of hydrogen-bond donors (Lipinski definition) is 0. The van der Waals surface area contributed by atoms with Crippen molar-refractivity contribution in [1.82, 2.24) is 4.98 Å². The fourth-order valence-electron chi connectivity index (χ4n) is 2.05. The Balaban J connectivity index is 1.82. The lowest BCUT2D eigenvalue weighted by Gasteiger charge is -2.42. The second-order valence-corrected chi connectivity index (χ2v) is 5.04. The van der Waals surface area contributed by atoms with Crippen LogP contribution in [-0.2, 0) is 0 Å². The molecule has 2 aliphatic rings. The second kappa shape index (κ2) is 2.47. The fraction of sp³-hybridized carbons (Fsp3) is 0.500. The van der Waals surface area contributed by atoms with Crippen LogP contribution in [0.25, 0.3) is 0 Å². The van der Waals surface area contributed by atoms with Crippen molar-refractivity contribution in [2.75, 3.05) is 18.0 Å². The molecular weight excluding hydrogens is 228 g/mol. The van der Waals surface area contributed by atoms with Gasteiger partial charge in [0.05, 0.1) is 10.2 Å². The molecule has 68 valence electrons. The predicted molar refractivity (Wildman–Crippen MR) is 55.8 cm³/mol. The predicted octanol–water partition coefficient (Wildman–Crippen LogP) is 2.44. The van der Waals surface area contributed by atoms with Gasteiger partial charge in [-0.15, -0.1) is 0 Å². The molecule has 1 aromatic rings. The van der Waals surface area contributed by atoms with Crippen molar-refractivity contribution in [3.05, 3.63) is 22.9 Å². The highest BCUT2D eigenvalue weighted by Gasteiger charge is 2.52. The van der Waals surface area contributed by atoms with E-state index in [-0.39, 0.29) is 0 Å². The minimum atomic E-state index is 0.725. The van der Waals surface area contributed by atoms with Gasteiger partial charge in [-0.3, -0.25) is 4.98 Å². The molecule has 1 saturated heterocycles. The van der Waals surface area contributed by atoms with Crippen LogP contribution in [0.5, 0.6) is 0 Å². The normalized spacial score (nSPS) is 23.0. The first-order chi connectivity index (χ1) is 6.29. The first kappa shape index (κ1) is 7.80. The average Bonchev–Trinajstić information content (AvgIpc) is 2.82. The van der Waals surface area contributed by atoms with Crippen molar-refractivity contribution in [2.24, 2.45) is 5.41 Å². The molecule has 1 aliphatic carbocycles. The smallest absolute Gasteiger partial charge is 0.0592 e. The summed E-state index contributed by atoms with van der Waals surface area (Å²) in [7, 11) is 0. The molecule has 2 nitrogen and oxygen atoms in total. The zero-order chi connectivity index (χ0) is 8.89. The summed E-state index contributed by atoms with van der Waals surface area (Å²) >= 11 is 3.53. The maximum absolute atomic E-state index is 4.06. The van der Waals surface area contributed by atoms with Crippen LogP contribution < -0.4 is 4.90 Å². The highest BCUT2D eigenvalue weighted by atomic mass is 79.9. The van der Waals surface area contributed by atoms with Gasteiger partial charge in [-0.1, -0.05) is 0 Å². The lowest BCUT2D eigenvalue weighted by molar-refractivity contribution is 0.387. The van der Waals surface area contributed by atoms with Crippen molar-refractivity contribution < 1.29 is 0 Å². The van der Waals surface area contributed by atoms with Gasteiger partial charge in [-0.2, -0.15) is 0 Å². The van der Waals surface area contributed by atoms with Crippen LogP contribution in [-0.4, -0.2) is 18.1 Å². The maximum Gasteiger partial charge on any atom is 0.0592 e. The van der Waals surface area contributed by atoms with Gasteiger partial charge in [0.25, 0.3) is 0 Å². The summed E-state index contributed by atoms with van der Waals surface area (Å²) in [5, 5.41) is 0. The molecule has 0 radical (unpaired) electrons. The van der Waals surface area contributed by atoms with Gasteiger partial charge in [0.15, 0.2) is 0 Å². The zero-order valence-electron chi connectivity index (χ0n) is 7.33. The monoisotopic (exact) mass is 238 g/mol. The van der Waals surface area contributed by atoms with E-state index in [0.717, 1.165) is 9.89 Å². The molecule has 1 aliphatic heterocycles. The number of pyridine rings is 1. The van der Waals surface area contributed by atoms with Crippen LogP contribution in [0.3, 0.4) is 0 Å². The van der Waals surface area contributed by atoms with Crippen LogP contribution >= 0.6 is 15.9 Å². The largest absolute Gasteiger partial charge is 0.369 e. The Morgan fingerprint density at radius 3 is 2.77 bits per heavy atom. The summed E-state index contributed by atoms with van der Waals surface area (Å²) in [6.45, 7) is 2.49. The SMILES string of the molecule is Brc1cnccc1N1CC2(CC2)C1. The molecule has 1 saturated carbocycles. The number of rotatable bonds is 1. The lowest BCUT2D eigenvalue weighted by Crippen LogP contribution is -2.48. The molecule has 3 heteroatoms. The third kappa shape index (κ3) is 1.17. The molecule has 0 bridgehead atoms. The van der Waals surface area contributed by atoms with Crippen LogP contribution in [0, 0.1) is 5.41 Å². The van der Waals surface area contributed by atoms with E-state index in [1.807, 2.05) is 12.4 Å². The number of anilines is 1. The Kier molecular flexibility index (Phi) is 1.48. The molecule has 1 aromatic heterocycles. The molecule has 0 amide bonds. The van der Waals surface area contributed by atoms with Gasteiger partial charge in [0.2, 0.25) is 0 Å². The summed E-state index contributed by atoms with van der Waals surface area (Å²) in [5.41, 5.74) is 2.02. The minimum absolute atomic E-state index is 0.725. The van der Waals surface area contributed by atoms with Crippen LogP contribution in [0.4, 0.5) is 5.69 Å². The molecule has 0 atom stereocenters. The molecule has 13 heavy (non-hydrogen) atoms. The van der Waals surface area contributed by atoms with Gasteiger partial charge < -0.3 is 4.90 Å². The number of nitrogens with zero attached hydrogens (tertiary/aromatic N) is 2. The van der Waals surface area contributed by atoms with Crippen molar-refractivity contribution in [1.29, 1.82) is 0 Å². The third-order valence-corrected chi connectivity index (χ3v) is 3.71. The molecule has 0 unspecified atom stereocenters. The van der Waals surface area contributed by atoms with Crippen molar-refractivity contribution >= 4 is 21.6 Å². The van der Waals surface area contributed by atoms with Crippen LogP contribution in [0.15, 0.2) is 22.9 Å². The van der Waals surface area contributed by atoms with E-state index >= 15 is 0 Å². The van der Waals surface area contributed by atoms with E-state index in [1.165, 1.54) is 31.6 Å². The third-order valence-electron chi connectivity index (χ3n) is 3.10. The van der Waals surface area contributed by atoms with Crippen LogP contribution in [0.2, 0.25) is 0 Å². The van der Waals surface area contributed by atoms with E-state index in [4.69, 9.17) is 0 Å². The first-order valence-corrected chi connectivity index (χ1v) is 5.43. The summed E-state index contributed by atoms with van der Waals surface area (Å²) < 4.78 is 1.12. The summed E-state index contributed by atoms with van der Waals surface area (Å²) in [5.74, 6) is 0. The van der Waals surface area contributed by atoms with E-state index in [0.29, 0.717) is 0 Å². The zero-order valence-corrected chi connectivity index (χ0v) is 8.92. The lowest BCUT2D eigenvalue weighted by atomic mass is 9.96. The van der Waals surface area contributed by atoms with Gasteiger partial charge in [-0.25, -0.2) is 0 Å². The maximum atomic E-state index is 4.06. The molecule has 0 aromatic carbocycles. The number of aromatic nitrogens is 1. The molecule has 2 heterocycles. The Morgan fingerprint density at radius 2 is 2.15 bits per heavy atom. The Labute approximate surface area is 86.1 Å². The quantitative estimate of drug-likeness (QED) is 0.748. The minimum Gasteiger partial charge on any atom is -0.369 e. The molecular formula is C10H11BrN2. The second-order valence-electron chi connectivity index (χ2n) is 4.18. The Morgan fingerprint density at radius 1 is 1.38 bits per heavy atom. The highest BCUT2D eigenvalue weighted by Crippen LogP contribution is 2.54. The van der Waals surface area contributed by atoms with Gasteiger partial charge >= 0.3 is 0 Å². The summed E-state index contributed by atoms with van der Waals surface area (Å²) in [6, 6.07) is 2.08. The summed E-state index contributed by atoms with van der Waals surface area (Å²) in [6.07, 6.45) is 6.60. The average molecular weight is 239 g/mol. The molecule has 3 rings (SSSR count). The van der Waals surface area contributed by atoms with E-state index < -0.39 is 0 Å². The highest BCUT2D eigenvalue weighted by molar-refractivity contribution is 9.10. The van der Waals surface area contributed by atoms with E-state index in [9.17, 15) is 0 Å². The number of hydrogen-bond acceptors (Lipinski definition) is 2. The summed E-state index contributed by atoms with van der Waals surface area (Å²) in [4.78, 5) is 6.49. The van der Waals surface area contributed by atoms with Crippen LogP contribution in [0.1, 0.15) is 12.8 Å². The van der Waals surface area contributed by atoms with Crippen molar-refractivity contribution in [3.8, 4) is 0 Å². The first-order valence-electron chi connectivity index (χ1n) is 4.64. The number of halogens is 1. The van der Waals surface area contributed by atoms with Crippen molar-refractivity contribution in [2.45, 2.75) is 12.8 Å². The Bertz CT molecular complexity index is 339. The van der Waals surface area contributed by atoms with Crippen molar-refractivity contribution in [3.63, 3.8) is 0 Å². The molecule has 1 spiro atoms. The van der Waals surface area contributed by atoms with Gasteiger partial charge in [-0.05, 0) is 34.8 Å². The van der Waals surface area contributed by atoms with E-state index in [1.54, 1.807) is 0 Å². The fourth-order valence-corrected chi connectivity index (χ4v) is 2.55. The molecule has 0 N–H and O–H groups in total. The topological polar surface area (TPSA) is 16.1 Å². The van der Waals surface area contributed by atoms with Gasteiger partial charge in [0.1, 0.15) is 0 Å². The molecule has 2 fully saturated rings. The standard InChI is InChI=1S/C10H11BrN2/c11-8-5-12-4-1-9(8)13-6-10(7-13)2-3-10/h1,4-5H,2-3,6-7H2. The van der Waals surface area contributed by atoms with E-state index in [2.05, 4.69) is 31.9 Å². The van der Waals surface area contributed by atoms with Gasteiger partial charge in [0, 0.05) is 30.9 Å². The Hall–Kier alpha value is -0.570.